The lowest BCUT2D eigenvalue weighted by Crippen LogP contribution is -2.16. The number of anilines is 2. The van der Waals surface area contributed by atoms with Crippen LogP contribution in [0.5, 0.6) is 0 Å². The molecule has 0 saturated carbocycles. The first kappa shape index (κ1) is 18.2. The molecule has 142 valence electrons. The summed E-state index contributed by atoms with van der Waals surface area (Å²) in [6, 6.07) is 9.20. The molecule has 3 aromatic heterocycles. The largest absolute Gasteiger partial charge is 0.383 e. The summed E-state index contributed by atoms with van der Waals surface area (Å²) in [6.07, 6.45) is 2.89. The number of fused-ring (bicyclic) bond motifs is 1. The van der Waals surface area contributed by atoms with E-state index in [-0.39, 0.29) is 10.8 Å². The number of hydrogen-bond acceptors (Lipinski definition) is 9. The zero-order valence-electron chi connectivity index (χ0n) is 14.0. The number of aromatic amines is 1. The second-order valence-electron chi connectivity index (χ2n) is 5.44. The van der Waals surface area contributed by atoms with Gasteiger partial charge in [-0.2, -0.15) is 0 Å². The highest BCUT2D eigenvalue weighted by Crippen LogP contribution is 2.18. The number of hydrogen-bond donors (Lipinski definition) is 3. The van der Waals surface area contributed by atoms with Crippen molar-refractivity contribution in [1.29, 1.82) is 0 Å². The van der Waals surface area contributed by atoms with Crippen molar-refractivity contribution >= 4 is 56.0 Å². The fourth-order valence-corrected chi connectivity index (χ4v) is 4.26. The summed E-state index contributed by atoms with van der Waals surface area (Å²) in [5.74, 6) is 0.297. The van der Waals surface area contributed by atoms with Crippen molar-refractivity contribution in [3.63, 3.8) is 0 Å². The Labute approximate surface area is 167 Å². The molecule has 0 unspecified atom stereocenters. The number of nitrogen functional groups attached to an aromatic ring is 1. The Morgan fingerprint density at radius 1 is 1.21 bits per heavy atom. The molecule has 0 aliphatic heterocycles. The Kier molecular flexibility index (Phi) is 4.62. The molecule has 1 aromatic carbocycles. The summed E-state index contributed by atoms with van der Waals surface area (Å²) < 4.78 is 29.3. The molecule has 28 heavy (non-hydrogen) atoms. The van der Waals surface area contributed by atoms with Gasteiger partial charge in [-0.15, -0.1) is 0 Å². The van der Waals surface area contributed by atoms with Gasteiger partial charge in [0, 0.05) is 18.5 Å². The number of aromatic nitrogens is 5. The average Bonchev–Trinajstić information content (AvgIpc) is 3.03. The summed E-state index contributed by atoms with van der Waals surface area (Å²) in [6.45, 7) is 0. The van der Waals surface area contributed by atoms with Crippen molar-refractivity contribution in [2.45, 2.75) is 4.90 Å². The summed E-state index contributed by atoms with van der Waals surface area (Å²) in [5.41, 5.74) is 6.83. The summed E-state index contributed by atoms with van der Waals surface area (Å²) in [7, 11) is -3.81. The molecule has 13 heteroatoms. The van der Waals surface area contributed by atoms with E-state index >= 15 is 0 Å². The molecule has 0 saturated heterocycles. The quantitative estimate of drug-likeness (QED) is 0.418. The third-order valence-corrected chi connectivity index (χ3v) is 5.91. The van der Waals surface area contributed by atoms with E-state index in [0.717, 1.165) is 0 Å². The maximum absolute atomic E-state index is 12.4. The van der Waals surface area contributed by atoms with E-state index in [1.807, 2.05) is 0 Å². The zero-order chi connectivity index (χ0) is 19.7. The lowest BCUT2D eigenvalue weighted by molar-refractivity contribution is 0.601. The molecule has 0 radical (unpaired) electrons. The summed E-state index contributed by atoms with van der Waals surface area (Å²) in [5, 5.41) is 2.96. The molecule has 4 rings (SSSR count). The van der Waals surface area contributed by atoms with Crippen LogP contribution in [0.25, 0.3) is 4.96 Å². The molecule has 10 nitrogen and oxygen atoms in total. The van der Waals surface area contributed by atoms with Crippen LogP contribution in [-0.4, -0.2) is 33.0 Å². The zero-order valence-corrected chi connectivity index (χ0v) is 16.4. The lowest BCUT2D eigenvalue weighted by atomic mass is 10.3. The number of nitrogens with one attached hydrogen (secondary N) is 2. The van der Waals surface area contributed by atoms with Crippen LogP contribution in [0.3, 0.4) is 0 Å². The van der Waals surface area contributed by atoms with Gasteiger partial charge >= 0.3 is 0 Å². The van der Waals surface area contributed by atoms with Gasteiger partial charge in [-0.25, -0.2) is 37.6 Å². The molecule has 0 spiro atoms. The van der Waals surface area contributed by atoms with E-state index in [9.17, 15) is 8.42 Å². The molecule has 0 aliphatic carbocycles. The van der Waals surface area contributed by atoms with Gasteiger partial charge in [0.2, 0.25) is 10.9 Å². The Morgan fingerprint density at radius 3 is 2.64 bits per heavy atom. The molecule has 0 aliphatic rings. The number of sulfonamides is 1. The smallest absolute Gasteiger partial charge is 0.264 e. The third-order valence-electron chi connectivity index (χ3n) is 3.49. The van der Waals surface area contributed by atoms with Crippen molar-refractivity contribution in [3.8, 4) is 0 Å². The predicted molar refractivity (Wildman–Crippen MR) is 107 cm³/mol. The topological polar surface area (TPSA) is 143 Å². The molecule has 0 amide bonds. The van der Waals surface area contributed by atoms with Crippen molar-refractivity contribution in [2.24, 2.45) is 4.99 Å². The van der Waals surface area contributed by atoms with Gasteiger partial charge in [-0.1, -0.05) is 11.3 Å². The van der Waals surface area contributed by atoms with Crippen LogP contribution in [0.4, 0.5) is 17.5 Å². The standard InChI is InChI=1S/C15H12N8O2S3/c16-11-8-12(23-14(20-11)27-15(26)21-23)19-9-2-4-10(5-3-9)28(24,25)22-13-17-6-1-7-18-13/h1-8H,16H2,(H,21,26)(H,17,18,22). The highest BCUT2D eigenvalue weighted by atomic mass is 32.2. The van der Waals surface area contributed by atoms with Crippen molar-refractivity contribution < 1.29 is 8.42 Å². The van der Waals surface area contributed by atoms with Gasteiger partial charge < -0.3 is 5.73 Å². The Bertz CT molecular complexity index is 1370. The number of benzene rings is 1. The highest BCUT2D eigenvalue weighted by Gasteiger charge is 2.15. The molecule has 0 bridgehead atoms. The van der Waals surface area contributed by atoms with Crippen LogP contribution in [0.1, 0.15) is 0 Å². The van der Waals surface area contributed by atoms with Gasteiger partial charge in [0.25, 0.3) is 10.0 Å². The molecule has 3 heterocycles. The summed E-state index contributed by atoms with van der Waals surface area (Å²) in [4.78, 5) is 17.0. The second-order valence-corrected chi connectivity index (χ2v) is 8.77. The number of nitrogens with zero attached hydrogens (tertiary/aromatic N) is 5. The first-order valence-corrected chi connectivity index (χ1v) is 10.4. The van der Waals surface area contributed by atoms with Gasteiger partial charge in [-0.3, -0.25) is 5.10 Å². The minimum atomic E-state index is -3.81. The Morgan fingerprint density at radius 2 is 1.93 bits per heavy atom. The van der Waals surface area contributed by atoms with Crippen LogP contribution in [0.2, 0.25) is 0 Å². The second kappa shape index (κ2) is 7.10. The van der Waals surface area contributed by atoms with Gasteiger partial charge in [0.05, 0.1) is 10.6 Å². The predicted octanol–water partition coefficient (Wildman–Crippen LogP) is 1.86. The monoisotopic (exact) mass is 432 g/mol. The van der Waals surface area contributed by atoms with Crippen LogP contribution in [-0.2, 0) is 10.0 Å². The Balaban J connectivity index is 1.69. The van der Waals surface area contributed by atoms with E-state index in [4.69, 9.17) is 18.0 Å². The third kappa shape index (κ3) is 3.76. The number of nitrogens with two attached hydrogens (primary N) is 1. The van der Waals surface area contributed by atoms with Gasteiger partial charge in [0.1, 0.15) is 5.82 Å². The van der Waals surface area contributed by atoms with E-state index in [1.165, 1.54) is 35.9 Å². The van der Waals surface area contributed by atoms with E-state index in [1.54, 1.807) is 28.8 Å². The first-order valence-electron chi connectivity index (χ1n) is 7.74. The highest BCUT2D eigenvalue weighted by molar-refractivity contribution is 7.92. The maximum atomic E-state index is 12.4. The first-order chi connectivity index (χ1) is 13.4. The summed E-state index contributed by atoms with van der Waals surface area (Å²) >= 11 is 6.40. The molecule has 4 aromatic rings. The van der Waals surface area contributed by atoms with E-state index in [0.29, 0.717) is 25.9 Å². The van der Waals surface area contributed by atoms with Crippen molar-refractivity contribution in [3.05, 3.63) is 58.2 Å². The van der Waals surface area contributed by atoms with E-state index < -0.39 is 10.0 Å². The molecular weight excluding hydrogens is 420 g/mol. The van der Waals surface area contributed by atoms with Crippen LogP contribution in [0, 0.1) is 3.95 Å². The number of H-pyrrole nitrogens is 1. The lowest BCUT2D eigenvalue weighted by Gasteiger charge is -2.06. The van der Waals surface area contributed by atoms with Gasteiger partial charge in [-0.05, 0) is 42.5 Å². The SMILES string of the molecule is Nc1cc(=Nc2ccc(S(=O)(=O)Nc3ncccn3)cc2)n2[nH]c(=S)sc2n1. The molecular formula is C15H12N8O2S3. The molecule has 0 fully saturated rings. The average molecular weight is 433 g/mol. The van der Waals surface area contributed by atoms with Crippen molar-refractivity contribution in [1.82, 2.24) is 24.6 Å². The maximum Gasteiger partial charge on any atom is 0.264 e. The van der Waals surface area contributed by atoms with E-state index in [2.05, 4.69) is 29.8 Å². The van der Waals surface area contributed by atoms with Crippen LogP contribution < -0.4 is 15.9 Å². The minimum Gasteiger partial charge on any atom is -0.383 e. The van der Waals surface area contributed by atoms with Crippen molar-refractivity contribution in [2.75, 3.05) is 10.5 Å². The molecule has 4 N–H and O–H groups in total. The Hall–Kier alpha value is -3.16. The van der Waals surface area contributed by atoms with Crippen LogP contribution >= 0.6 is 23.6 Å². The number of rotatable bonds is 4. The normalized spacial score (nSPS) is 12.4. The fourth-order valence-electron chi connectivity index (χ4n) is 2.30. The van der Waals surface area contributed by atoms with Crippen LogP contribution in [0.15, 0.2) is 58.7 Å². The fraction of sp³-hybridized carbons (Fsp3) is 0. The van der Waals surface area contributed by atoms with Gasteiger partial charge in [0.15, 0.2) is 9.44 Å². The minimum absolute atomic E-state index is 0.00460. The molecule has 0 atom stereocenters.